The van der Waals surface area contributed by atoms with E-state index in [4.69, 9.17) is 16.3 Å². The van der Waals surface area contributed by atoms with Gasteiger partial charge in [-0.15, -0.1) is 0 Å². The Bertz CT molecular complexity index is 634. The third kappa shape index (κ3) is 3.52. The van der Waals surface area contributed by atoms with Crippen molar-refractivity contribution < 1.29 is 13.5 Å². The molecule has 1 unspecified atom stereocenters. The number of hydrogen-bond acceptors (Lipinski definition) is 2. The van der Waals surface area contributed by atoms with E-state index in [-0.39, 0.29) is 0 Å². The largest absolute Gasteiger partial charge is 0.497 e. The molecule has 5 heteroatoms. The van der Waals surface area contributed by atoms with Gasteiger partial charge in [-0.3, -0.25) is 0 Å². The number of ether oxygens (including phenoxy) is 1. The summed E-state index contributed by atoms with van der Waals surface area (Å²) in [4.78, 5) is 0. The van der Waals surface area contributed by atoms with Crippen LogP contribution in [-0.4, -0.2) is 13.7 Å². The van der Waals surface area contributed by atoms with Gasteiger partial charge in [0.25, 0.3) is 0 Å². The fraction of sp³-hybridized carbons (Fsp3) is 0.250. The third-order valence-corrected chi connectivity index (χ3v) is 3.44. The van der Waals surface area contributed by atoms with Crippen molar-refractivity contribution in [2.24, 2.45) is 0 Å². The molecule has 0 aliphatic rings. The molecule has 1 atom stereocenters. The van der Waals surface area contributed by atoms with E-state index in [1.165, 1.54) is 19.2 Å². The number of benzene rings is 2. The molecule has 2 aromatic carbocycles. The maximum atomic E-state index is 14.2. The molecule has 0 fully saturated rings. The van der Waals surface area contributed by atoms with Gasteiger partial charge in [0, 0.05) is 22.2 Å². The molecular weight excluding hydrogens is 296 g/mol. The summed E-state index contributed by atoms with van der Waals surface area (Å²) in [5.74, 6) is -0.499. The fourth-order valence-electron chi connectivity index (χ4n) is 2.20. The molecule has 1 N–H and O–H groups in total. The van der Waals surface area contributed by atoms with Gasteiger partial charge in [-0.25, -0.2) is 8.78 Å². The summed E-state index contributed by atoms with van der Waals surface area (Å²) in [5, 5.41) is 3.40. The normalized spacial score (nSPS) is 12.2. The minimum atomic E-state index is -0.585. The average Bonchev–Trinajstić information content (AvgIpc) is 2.46. The highest BCUT2D eigenvalue weighted by Crippen LogP contribution is 2.29. The number of hydrogen-bond donors (Lipinski definition) is 1. The van der Waals surface area contributed by atoms with Crippen molar-refractivity contribution in [3.05, 3.63) is 64.2 Å². The summed E-state index contributed by atoms with van der Waals surface area (Å²) >= 11 is 5.76. The first-order valence-electron chi connectivity index (χ1n) is 6.58. The van der Waals surface area contributed by atoms with Crippen LogP contribution in [0.25, 0.3) is 0 Å². The first kappa shape index (κ1) is 15.7. The molecule has 112 valence electrons. The van der Waals surface area contributed by atoms with Crippen LogP contribution in [0.2, 0.25) is 5.02 Å². The van der Waals surface area contributed by atoms with Crippen LogP contribution in [-0.2, 0) is 0 Å². The van der Waals surface area contributed by atoms with Crippen LogP contribution in [0.5, 0.6) is 5.75 Å². The van der Waals surface area contributed by atoms with E-state index in [1.807, 2.05) is 6.92 Å². The average molecular weight is 312 g/mol. The van der Waals surface area contributed by atoms with Crippen molar-refractivity contribution >= 4 is 11.6 Å². The molecule has 0 aromatic heterocycles. The van der Waals surface area contributed by atoms with E-state index < -0.39 is 17.7 Å². The molecule has 0 spiro atoms. The summed E-state index contributed by atoms with van der Waals surface area (Å²) in [5.41, 5.74) is 0.712. The van der Waals surface area contributed by atoms with Crippen molar-refractivity contribution in [1.82, 2.24) is 5.32 Å². The van der Waals surface area contributed by atoms with Gasteiger partial charge in [0.1, 0.15) is 17.4 Å². The smallest absolute Gasteiger partial charge is 0.132 e. The molecule has 2 aromatic rings. The standard InChI is InChI=1S/C16H16ClF2NO/c1-3-20-16(12-6-4-10(17)8-14(12)18)13-7-5-11(21-2)9-15(13)19/h4-9,16,20H,3H2,1-2H3. The summed E-state index contributed by atoms with van der Waals surface area (Å²) in [6.07, 6.45) is 0. The molecule has 2 rings (SSSR count). The van der Waals surface area contributed by atoms with E-state index in [0.29, 0.717) is 28.4 Å². The van der Waals surface area contributed by atoms with Gasteiger partial charge < -0.3 is 10.1 Å². The maximum Gasteiger partial charge on any atom is 0.132 e. The van der Waals surface area contributed by atoms with Crippen LogP contribution in [0.1, 0.15) is 24.1 Å². The quantitative estimate of drug-likeness (QED) is 0.887. The molecule has 2 nitrogen and oxygen atoms in total. The topological polar surface area (TPSA) is 21.3 Å². The summed E-state index contributed by atoms with van der Waals surface area (Å²) < 4.78 is 33.3. The van der Waals surface area contributed by atoms with Crippen LogP contribution in [0.15, 0.2) is 36.4 Å². The number of rotatable bonds is 5. The summed E-state index contributed by atoms with van der Waals surface area (Å²) in [6.45, 7) is 2.44. The van der Waals surface area contributed by atoms with Crippen LogP contribution >= 0.6 is 11.6 Å². The molecule has 0 aliphatic heterocycles. The highest BCUT2D eigenvalue weighted by atomic mass is 35.5. The Morgan fingerprint density at radius 2 is 1.71 bits per heavy atom. The van der Waals surface area contributed by atoms with Crippen LogP contribution in [0.4, 0.5) is 8.78 Å². The summed E-state index contributed by atoms with van der Waals surface area (Å²) in [6, 6.07) is 8.32. The zero-order chi connectivity index (χ0) is 15.4. The monoisotopic (exact) mass is 311 g/mol. The summed E-state index contributed by atoms with van der Waals surface area (Å²) in [7, 11) is 1.47. The van der Waals surface area contributed by atoms with Crippen molar-refractivity contribution in [1.29, 1.82) is 0 Å². The van der Waals surface area contributed by atoms with Gasteiger partial charge >= 0.3 is 0 Å². The van der Waals surface area contributed by atoms with Crippen LogP contribution in [0, 0.1) is 11.6 Å². The molecule has 0 amide bonds. The fourth-order valence-corrected chi connectivity index (χ4v) is 2.35. The minimum absolute atomic E-state index is 0.307. The van der Waals surface area contributed by atoms with Crippen LogP contribution < -0.4 is 10.1 Å². The highest BCUT2D eigenvalue weighted by molar-refractivity contribution is 6.30. The second-order valence-corrected chi connectivity index (χ2v) is 4.98. The van der Waals surface area contributed by atoms with Crippen molar-refractivity contribution in [2.75, 3.05) is 13.7 Å². The van der Waals surface area contributed by atoms with Gasteiger partial charge in [0.15, 0.2) is 0 Å². The predicted octanol–water partition coefficient (Wildman–Crippen LogP) is 4.33. The van der Waals surface area contributed by atoms with E-state index >= 15 is 0 Å². The Kier molecular flexibility index (Phi) is 5.15. The lowest BCUT2D eigenvalue weighted by molar-refractivity contribution is 0.410. The molecule has 0 aliphatic carbocycles. The molecule has 21 heavy (non-hydrogen) atoms. The van der Waals surface area contributed by atoms with Gasteiger partial charge in [-0.1, -0.05) is 30.7 Å². The van der Waals surface area contributed by atoms with Crippen molar-refractivity contribution in [3.8, 4) is 5.75 Å². The first-order valence-corrected chi connectivity index (χ1v) is 6.96. The Hall–Kier alpha value is -1.65. The third-order valence-electron chi connectivity index (χ3n) is 3.20. The maximum absolute atomic E-state index is 14.2. The number of halogens is 3. The van der Waals surface area contributed by atoms with E-state index in [0.717, 1.165) is 0 Å². The number of methoxy groups -OCH3 is 1. The Morgan fingerprint density at radius 3 is 2.24 bits per heavy atom. The van der Waals surface area contributed by atoms with E-state index in [9.17, 15) is 8.78 Å². The lowest BCUT2D eigenvalue weighted by Gasteiger charge is -2.20. The highest BCUT2D eigenvalue weighted by Gasteiger charge is 2.20. The first-order chi connectivity index (χ1) is 10.1. The zero-order valence-corrected chi connectivity index (χ0v) is 12.5. The molecule has 0 saturated carbocycles. The molecular formula is C16H16ClF2NO. The van der Waals surface area contributed by atoms with Crippen molar-refractivity contribution in [2.45, 2.75) is 13.0 Å². The second-order valence-electron chi connectivity index (χ2n) is 4.54. The van der Waals surface area contributed by atoms with Crippen molar-refractivity contribution in [3.63, 3.8) is 0 Å². The Morgan fingerprint density at radius 1 is 1.10 bits per heavy atom. The van der Waals surface area contributed by atoms with E-state index in [1.54, 1.807) is 24.3 Å². The molecule has 0 bridgehead atoms. The lowest BCUT2D eigenvalue weighted by atomic mass is 9.97. The Labute approximate surface area is 127 Å². The molecule has 0 radical (unpaired) electrons. The minimum Gasteiger partial charge on any atom is -0.497 e. The molecule has 0 saturated heterocycles. The number of nitrogens with one attached hydrogen (secondary N) is 1. The lowest BCUT2D eigenvalue weighted by Crippen LogP contribution is -2.24. The van der Waals surface area contributed by atoms with Gasteiger partial charge in [0.05, 0.1) is 13.2 Å². The zero-order valence-electron chi connectivity index (χ0n) is 11.8. The van der Waals surface area contributed by atoms with Gasteiger partial charge in [-0.05, 0) is 24.7 Å². The van der Waals surface area contributed by atoms with Gasteiger partial charge in [0.2, 0.25) is 0 Å². The van der Waals surface area contributed by atoms with E-state index in [2.05, 4.69) is 5.32 Å². The SMILES string of the molecule is CCNC(c1ccc(Cl)cc1F)c1ccc(OC)cc1F. The molecule has 0 heterocycles. The van der Waals surface area contributed by atoms with Gasteiger partial charge in [-0.2, -0.15) is 0 Å². The second kappa shape index (κ2) is 6.87. The predicted molar refractivity (Wildman–Crippen MR) is 79.9 cm³/mol. The van der Waals surface area contributed by atoms with Crippen LogP contribution in [0.3, 0.4) is 0 Å². The Balaban J connectivity index is 2.48.